The van der Waals surface area contributed by atoms with E-state index in [1.165, 1.54) is 18.9 Å². The number of para-hydroxylation sites is 1. The molecule has 1 amide bonds. The van der Waals surface area contributed by atoms with E-state index in [1.54, 1.807) is 7.11 Å². The van der Waals surface area contributed by atoms with Crippen molar-refractivity contribution in [2.45, 2.75) is 32.2 Å². The predicted molar refractivity (Wildman–Crippen MR) is 116 cm³/mol. The molecule has 158 valence electrons. The topological polar surface area (TPSA) is 71.4 Å². The summed E-state index contributed by atoms with van der Waals surface area (Å²) in [6.07, 6.45) is 2.37. The normalized spacial score (nSPS) is 20.7. The van der Waals surface area contributed by atoms with Crippen LogP contribution >= 0.6 is 11.8 Å². The number of amidine groups is 1. The smallest absolute Gasteiger partial charge is 0.338 e. The van der Waals surface area contributed by atoms with Crippen molar-refractivity contribution in [3.63, 3.8) is 0 Å². The Morgan fingerprint density at radius 1 is 1.20 bits per heavy atom. The minimum absolute atomic E-state index is 0.102. The number of hydrogen-bond donors (Lipinski definition) is 0. The first-order valence-corrected chi connectivity index (χ1v) is 10.9. The Morgan fingerprint density at radius 3 is 2.63 bits per heavy atom. The first-order chi connectivity index (χ1) is 14.5. The van der Waals surface area contributed by atoms with Gasteiger partial charge in [0.15, 0.2) is 5.17 Å². The molecule has 0 saturated carbocycles. The number of hydrogen-bond acceptors (Lipinski definition) is 7. The molecule has 0 N–H and O–H groups in total. The molecule has 3 aliphatic heterocycles. The summed E-state index contributed by atoms with van der Waals surface area (Å²) in [7, 11) is 2.98. The molecule has 3 aliphatic rings. The van der Waals surface area contributed by atoms with Gasteiger partial charge in [0.25, 0.3) is 0 Å². The van der Waals surface area contributed by atoms with Crippen LogP contribution in [0.3, 0.4) is 0 Å². The SMILES string of the molecule is COC(=O)C1=C(C)N=C2SC=C(CC(=O)N3CCCC3)N2C1c1ccccc1OC. The first kappa shape index (κ1) is 20.5. The molecule has 0 bridgehead atoms. The molecule has 7 nitrogen and oxygen atoms in total. The van der Waals surface area contributed by atoms with Crippen molar-refractivity contribution in [3.8, 4) is 5.75 Å². The third kappa shape index (κ3) is 3.60. The lowest BCUT2D eigenvalue weighted by atomic mass is 9.93. The summed E-state index contributed by atoms with van der Waals surface area (Å²) >= 11 is 1.47. The Bertz CT molecular complexity index is 963. The van der Waals surface area contributed by atoms with Crippen LogP contribution in [-0.4, -0.2) is 54.2 Å². The van der Waals surface area contributed by atoms with Crippen molar-refractivity contribution in [1.29, 1.82) is 0 Å². The summed E-state index contributed by atoms with van der Waals surface area (Å²) in [6, 6.07) is 7.13. The van der Waals surface area contributed by atoms with Gasteiger partial charge in [0.05, 0.1) is 38.0 Å². The third-order valence-electron chi connectivity index (χ3n) is 5.63. The highest BCUT2D eigenvalue weighted by Gasteiger charge is 2.42. The molecule has 1 saturated heterocycles. The number of fused-ring (bicyclic) bond motifs is 1. The monoisotopic (exact) mass is 427 g/mol. The van der Waals surface area contributed by atoms with E-state index in [0.29, 0.717) is 17.0 Å². The molecule has 8 heteroatoms. The minimum atomic E-state index is -0.478. The number of carbonyl (C=O) groups excluding carboxylic acids is 2. The zero-order valence-corrected chi connectivity index (χ0v) is 18.2. The molecule has 1 atom stereocenters. The van der Waals surface area contributed by atoms with Crippen LogP contribution in [0.2, 0.25) is 0 Å². The molecule has 1 unspecified atom stereocenters. The maximum Gasteiger partial charge on any atom is 0.338 e. The quantitative estimate of drug-likeness (QED) is 0.671. The number of likely N-dealkylation sites (tertiary alicyclic amines) is 1. The molecule has 1 fully saturated rings. The number of esters is 1. The van der Waals surface area contributed by atoms with Crippen LogP contribution in [0.5, 0.6) is 5.75 Å². The predicted octanol–water partition coefficient (Wildman–Crippen LogP) is 3.46. The van der Waals surface area contributed by atoms with Gasteiger partial charge in [-0.1, -0.05) is 30.0 Å². The average molecular weight is 428 g/mol. The van der Waals surface area contributed by atoms with Crippen LogP contribution in [0.25, 0.3) is 0 Å². The van der Waals surface area contributed by atoms with E-state index in [2.05, 4.69) is 4.99 Å². The number of aliphatic imine (C=N–C) groups is 1. The number of carbonyl (C=O) groups is 2. The molecule has 30 heavy (non-hydrogen) atoms. The lowest BCUT2D eigenvalue weighted by Gasteiger charge is -2.36. The van der Waals surface area contributed by atoms with Crippen molar-refractivity contribution < 1.29 is 19.1 Å². The number of ether oxygens (including phenoxy) is 2. The van der Waals surface area contributed by atoms with Crippen LogP contribution in [0.4, 0.5) is 0 Å². The molecule has 3 heterocycles. The number of thioether (sulfide) groups is 1. The van der Waals surface area contributed by atoms with Gasteiger partial charge in [-0.25, -0.2) is 9.79 Å². The lowest BCUT2D eigenvalue weighted by Crippen LogP contribution is -2.38. The molecular weight excluding hydrogens is 402 g/mol. The molecule has 1 aromatic carbocycles. The van der Waals surface area contributed by atoms with Crippen molar-refractivity contribution in [2.75, 3.05) is 27.3 Å². The second-order valence-corrected chi connectivity index (χ2v) is 8.23. The summed E-state index contributed by atoms with van der Waals surface area (Å²) in [4.78, 5) is 34.2. The van der Waals surface area contributed by atoms with E-state index in [4.69, 9.17) is 9.47 Å². The largest absolute Gasteiger partial charge is 0.496 e. The highest BCUT2D eigenvalue weighted by Crippen LogP contribution is 2.46. The number of benzene rings is 1. The van der Waals surface area contributed by atoms with Crippen molar-refractivity contribution >= 4 is 28.8 Å². The number of nitrogens with zero attached hydrogens (tertiary/aromatic N) is 3. The number of methoxy groups -OCH3 is 2. The minimum Gasteiger partial charge on any atom is -0.496 e. The standard InChI is InChI=1S/C22H25N3O4S/c1-14-19(21(27)29-3)20(16-8-4-5-9-17(16)28-2)25-15(13-30-22(25)23-14)12-18(26)24-10-6-7-11-24/h4-5,8-9,13,20H,6-7,10-12H2,1-3H3. The first-order valence-electron chi connectivity index (χ1n) is 9.98. The Labute approximate surface area is 180 Å². The fourth-order valence-electron chi connectivity index (χ4n) is 4.16. The van der Waals surface area contributed by atoms with Gasteiger partial charge in [-0.05, 0) is 31.2 Å². The van der Waals surface area contributed by atoms with Gasteiger partial charge in [-0.3, -0.25) is 4.79 Å². The summed E-state index contributed by atoms with van der Waals surface area (Å²) in [6.45, 7) is 3.43. The summed E-state index contributed by atoms with van der Waals surface area (Å²) in [5, 5.41) is 2.71. The van der Waals surface area contributed by atoms with Crippen LogP contribution in [0.1, 0.15) is 37.8 Å². The zero-order valence-electron chi connectivity index (χ0n) is 17.4. The summed E-state index contributed by atoms with van der Waals surface area (Å²) in [5.74, 6) is 0.332. The highest BCUT2D eigenvalue weighted by atomic mass is 32.2. The Hall–Kier alpha value is -2.74. The van der Waals surface area contributed by atoms with Crippen LogP contribution in [0.15, 0.2) is 51.6 Å². The molecule has 0 aromatic heterocycles. The maximum atomic E-state index is 12.9. The molecule has 4 rings (SSSR count). The van der Waals surface area contributed by atoms with Crippen molar-refractivity contribution in [1.82, 2.24) is 9.80 Å². The van der Waals surface area contributed by atoms with Crippen molar-refractivity contribution in [3.05, 3.63) is 52.2 Å². The summed E-state index contributed by atoms with van der Waals surface area (Å²) < 4.78 is 10.7. The van der Waals surface area contributed by atoms with Crippen molar-refractivity contribution in [2.24, 2.45) is 4.99 Å². The van der Waals surface area contributed by atoms with Gasteiger partial charge in [0, 0.05) is 24.4 Å². The Balaban J connectivity index is 1.75. The van der Waals surface area contributed by atoms with E-state index < -0.39 is 12.0 Å². The molecule has 0 spiro atoms. The highest BCUT2D eigenvalue weighted by molar-refractivity contribution is 8.16. The Morgan fingerprint density at radius 2 is 1.93 bits per heavy atom. The van der Waals surface area contributed by atoms with Gasteiger partial charge < -0.3 is 19.3 Å². The summed E-state index contributed by atoms with van der Waals surface area (Å²) in [5.41, 5.74) is 2.72. The van der Waals surface area contributed by atoms with Gasteiger partial charge in [-0.15, -0.1) is 0 Å². The number of amides is 1. The fraction of sp³-hybridized carbons (Fsp3) is 0.409. The molecule has 1 aromatic rings. The van der Waals surface area contributed by atoms with Crippen LogP contribution < -0.4 is 4.74 Å². The molecule has 0 aliphatic carbocycles. The maximum absolute atomic E-state index is 12.9. The van der Waals surface area contributed by atoms with Crippen LogP contribution in [-0.2, 0) is 14.3 Å². The van der Waals surface area contributed by atoms with Gasteiger partial charge >= 0.3 is 5.97 Å². The number of allylic oxidation sites excluding steroid dienone is 1. The van der Waals surface area contributed by atoms with E-state index in [0.717, 1.165) is 42.4 Å². The average Bonchev–Trinajstić information content (AvgIpc) is 3.43. The van der Waals surface area contributed by atoms with Gasteiger partial charge in [-0.2, -0.15) is 0 Å². The number of rotatable bonds is 5. The van der Waals surface area contributed by atoms with Crippen LogP contribution in [0, 0.1) is 0 Å². The second kappa shape index (κ2) is 8.55. The van der Waals surface area contributed by atoms with E-state index in [1.807, 2.05) is 46.4 Å². The second-order valence-electron chi connectivity index (χ2n) is 7.39. The molecular formula is C22H25N3O4S. The fourth-order valence-corrected chi connectivity index (χ4v) is 5.12. The lowest BCUT2D eigenvalue weighted by molar-refractivity contribution is -0.136. The zero-order chi connectivity index (χ0) is 21.3. The Kier molecular flexibility index (Phi) is 5.85. The van der Waals surface area contributed by atoms with E-state index in [9.17, 15) is 9.59 Å². The van der Waals surface area contributed by atoms with E-state index >= 15 is 0 Å². The molecule has 0 radical (unpaired) electrons. The van der Waals surface area contributed by atoms with E-state index in [-0.39, 0.29) is 12.3 Å². The van der Waals surface area contributed by atoms with Gasteiger partial charge in [0.1, 0.15) is 5.75 Å². The third-order valence-corrected chi connectivity index (χ3v) is 6.52. The van der Waals surface area contributed by atoms with Gasteiger partial charge in [0.2, 0.25) is 5.91 Å².